The second-order valence-corrected chi connectivity index (χ2v) is 9.31. The van der Waals surface area contributed by atoms with E-state index in [0.717, 1.165) is 27.0 Å². The van der Waals surface area contributed by atoms with Crippen LogP contribution in [0.5, 0.6) is 0 Å². The summed E-state index contributed by atoms with van der Waals surface area (Å²) in [5.74, 6) is 6.38. The zero-order valence-electron chi connectivity index (χ0n) is 18.0. The first-order valence-electron chi connectivity index (χ1n) is 10.6. The predicted octanol–water partition coefficient (Wildman–Crippen LogP) is 2.28. The Bertz CT molecular complexity index is 1110. The number of hydrogen-bond donors (Lipinski definition) is 2. The minimum atomic E-state index is -0.372. The van der Waals surface area contributed by atoms with E-state index in [-0.39, 0.29) is 6.03 Å². The highest BCUT2D eigenvalue weighted by atomic mass is 32.1. The van der Waals surface area contributed by atoms with Gasteiger partial charge in [-0.05, 0) is 19.1 Å². The van der Waals surface area contributed by atoms with Crippen molar-refractivity contribution in [2.24, 2.45) is 11.6 Å². The highest BCUT2D eigenvalue weighted by molar-refractivity contribution is 7.19. The first-order valence-corrected chi connectivity index (χ1v) is 11.4. The summed E-state index contributed by atoms with van der Waals surface area (Å²) >= 11 is 1.67. The largest absolute Gasteiger partial charge is 0.351 e. The number of aromatic nitrogens is 2. The molecule has 10 heteroatoms. The number of aryl methyl sites for hydroxylation is 1. The van der Waals surface area contributed by atoms with Crippen molar-refractivity contribution >= 4 is 28.1 Å². The molecule has 0 radical (unpaired) electrons. The van der Waals surface area contributed by atoms with Crippen LogP contribution in [0.3, 0.4) is 0 Å². The van der Waals surface area contributed by atoms with Crippen LogP contribution in [0.2, 0.25) is 0 Å². The average Bonchev–Trinajstić information content (AvgIpc) is 3.23. The van der Waals surface area contributed by atoms with Crippen molar-refractivity contribution in [3.8, 4) is 10.6 Å². The van der Waals surface area contributed by atoms with Gasteiger partial charge in [0.2, 0.25) is 0 Å². The molecule has 1 saturated heterocycles. The maximum Gasteiger partial charge on any atom is 0.315 e. The van der Waals surface area contributed by atoms with Gasteiger partial charge in [0.05, 0.1) is 25.3 Å². The fourth-order valence-electron chi connectivity index (χ4n) is 4.51. The number of carbonyl (C=O) groups is 1. The summed E-state index contributed by atoms with van der Waals surface area (Å²) in [6.07, 6.45) is 3.60. The number of carbonyl (C=O) groups excluding carboxylic acids is 1. The highest BCUT2D eigenvalue weighted by Crippen LogP contribution is 2.42. The first-order chi connectivity index (χ1) is 15.5. The fourth-order valence-corrected chi connectivity index (χ4v) is 5.64. The van der Waals surface area contributed by atoms with Gasteiger partial charge in [-0.1, -0.05) is 29.0 Å². The van der Waals surface area contributed by atoms with E-state index in [4.69, 9.17) is 16.6 Å². The molecule has 2 aliphatic heterocycles. The maximum absolute atomic E-state index is 11.8. The van der Waals surface area contributed by atoms with Crippen molar-refractivity contribution in [2.75, 3.05) is 37.9 Å². The van der Waals surface area contributed by atoms with Gasteiger partial charge in [0.25, 0.3) is 0 Å². The lowest BCUT2D eigenvalue weighted by molar-refractivity contribution is 0.111. The van der Waals surface area contributed by atoms with Gasteiger partial charge >= 0.3 is 6.03 Å². The van der Waals surface area contributed by atoms with Crippen LogP contribution in [0.4, 0.5) is 15.5 Å². The number of rotatable bonds is 3. The molecule has 0 aliphatic carbocycles. The second kappa shape index (κ2) is 8.14. The number of thiazole rings is 1. The normalized spacial score (nSPS) is 18.4. The Morgan fingerprint density at radius 2 is 1.91 bits per heavy atom. The summed E-state index contributed by atoms with van der Waals surface area (Å²) in [6.45, 7) is 5.81. The Kier molecular flexibility index (Phi) is 5.30. The van der Waals surface area contributed by atoms with Gasteiger partial charge in [-0.2, -0.15) is 9.60 Å². The number of pyridine rings is 1. The molecule has 0 bridgehead atoms. The number of quaternary nitrogens is 1. The van der Waals surface area contributed by atoms with Gasteiger partial charge in [-0.3, -0.25) is 10.8 Å². The first kappa shape index (κ1) is 20.8. The Morgan fingerprint density at radius 1 is 1.16 bits per heavy atom. The number of hydrogen-bond acceptors (Lipinski definition) is 7. The molecule has 2 aromatic heterocycles. The van der Waals surface area contributed by atoms with E-state index in [1.807, 2.05) is 18.3 Å². The van der Waals surface area contributed by atoms with Crippen molar-refractivity contribution in [1.29, 1.82) is 0 Å². The summed E-state index contributed by atoms with van der Waals surface area (Å²) in [5, 5.41) is 6.17. The van der Waals surface area contributed by atoms with Crippen LogP contribution in [-0.4, -0.2) is 58.8 Å². The van der Waals surface area contributed by atoms with Gasteiger partial charge < -0.3 is 10.6 Å². The van der Waals surface area contributed by atoms with E-state index in [0.29, 0.717) is 44.0 Å². The standard InChI is InChI=1S/C22H26N8OS/c1-16-4-6-18(7-5-16)30(11-9-27(10-12-30)22(23)31)29-15-28(24)14-19-21(29)32-20(26-19)17-3-2-8-25-13-17/h2-8,13H,9-12,14-15,24H2,1H3,(H-,23,31)/p+1. The smallest absolute Gasteiger partial charge is 0.315 e. The second-order valence-electron chi connectivity index (χ2n) is 8.33. The molecule has 0 saturated carbocycles. The number of piperazine rings is 1. The number of nitrogens with two attached hydrogens (primary N) is 2. The van der Waals surface area contributed by atoms with E-state index in [9.17, 15) is 4.79 Å². The number of anilines is 1. The summed E-state index contributed by atoms with van der Waals surface area (Å²) in [7, 11) is 0. The minimum absolute atomic E-state index is 0.372. The molecule has 0 spiro atoms. The van der Waals surface area contributed by atoms with Crippen molar-refractivity contribution in [1.82, 2.24) is 24.5 Å². The predicted molar refractivity (Wildman–Crippen MR) is 126 cm³/mol. The third-order valence-electron chi connectivity index (χ3n) is 6.26. The van der Waals surface area contributed by atoms with Gasteiger partial charge in [0.15, 0.2) is 10.7 Å². The minimum Gasteiger partial charge on any atom is -0.351 e. The molecule has 1 fully saturated rings. The molecule has 4 heterocycles. The highest BCUT2D eigenvalue weighted by Gasteiger charge is 2.46. The average molecular weight is 452 g/mol. The Morgan fingerprint density at radius 3 is 2.56 bits per heavy atom. The summed E-state index contributed by atoms with van der Waals surface area (Å²) in [6, 6.07) is 12.2. The van der Waals surface area contributed by atoms with Crippen molar-refractivity contribution < 1.29 is 4.79 Å². The lowest BCUT2D eigenvalue weighted by atomic mass is 10.1. The molecule has 9 nitrogen and oxygen atoms in total. The maximum atomic E-state index is 11.8. The summed E-state index contributed by atoms with van der Waals surface area (Å²) in [5.41, 5.74) is 9.91. The van der Waals surface area contributed by atoms with Crippen LogP contribution >= 0.6 is 11.3 Å². The van der Waals surface area contributed by atoms with Crippen molar-refractivity contribution in [3.63, 3.8) is 0 Å². The molecule has 3 aromatic rings. The molecule has 1 aromatic carbocycles. The van der Waals surface area contributed by atoms with Crippen LogP contribution < -0.4 is 21.2 Å². The third-order valence-corrected chi connectivity index (χ3v) is 7.42. The van der Waals surface area contributed by atoms with Crippen LogP contribution in [0, 0.1) is 6.92 Å². The fraction of sp³-hybridized carbons (Fsp3) is 0.318. The Labute approximate surface area is 191 Å². The number of fused-ring (bicyclic) bond motifs is 1. The molecule has 2 amide bonds. The SMILES string of the molecule is Cc1ccc([N+]2(N3CN(N)Cc4nc(-c5cccnc5)sc43)CCN(C(N)=O)CC2)cc1. The molecule has 5 rings (SSSR count). The lowest BCUT2D eigenvalue weighted by Gasteiger charge is -2.51. The number of amides is 2. The number of benzene rings is 1. The number of primary amides is 1. The monoisotopic (exact) mass is 451 g/mol. The van der Waals surface area contributed by atoms with Gasteiger partial charge in [0, 0.05) is 30.1 Å². The van der Waals surface area contributed by atoms with Gasteiger partial charge in [-0.15, -0.1) is 0 Å². The van der Waals surface area contributed by atoms with Gasteiger partial charge in [-0.25, -0.2) is 14.8 Å². The third kappa shape index (κ3) is 3.61. The molecular weight excluding hydrogens is 424 g/mol. The van der Waals surface area contributed by atoms with Gasteiger partial charge in [0.1, 0.15) is 24.8 Å². The van der Waals surface area contributed by atoms with Crippen LogP contribution in [0.25, 0.3) is 10.6 Å². The molecule has 2 aliphatic rings. The summed E-state index contributed by atoms with van der Waals surface area (Å²) < 4.78 is 0.569. The van der Waals surface area contributed by atoms with E-state index in [1.165, 1.54) is 5.56 Å². The number of nitrogens with zero attached hydrogens (tertiary/aromatic N) is 6. The van der Waals surface area contributed by atoms with E-state index in [2.05, 4.69) is 41.2 Å². The van der Waals surface area contributed by atoms with Crippen LogP contribution in [0.15, 0.2) is 48.8 Å². The van der Waals surface area contributed by atoms with E-state index >= 15 is 0 Å². The van der Waals surface area contributed by atoms with Crippen LogP contribution in [0.1, 0.15) is 11.3 Å². The molecule has 4 N–H and O–H groups in total. The number of urea groups is 1. The Balaban J connectivity index is 1.60. The molecule has 0 unspecified atom stereocenters. The van der Waals surface area contributed by atoms with Crippen molar-refractivity contribution in [2.45, 2.75) is 13.5 Å². The van der Waals surface area contributed by atoms with E-state index < -0.39 is 0 Å². The molecule has 0 atom stereocenters. The molecular formula is C22H27N8OS+. The zero-order chi connectivity index (χ0) is 22.3. The number of hydrazine groups is 1. The topological polar surface area (TPSA) is 105 Å². The Hall–Kier alpha value is -3.05. The lowest BCUT2D eigenvalue weighted by Crippen LogP contribution is -2.72. The quantitative estimate of drug-likeness (QED) is 0.468. The van der Waals surface area contributed by atoms with Crippen LogP contribution in [-0.2, 0) is 6.54 Å². The van der Waals surface area contributed by atoms with E-state index in [1.54, 1.807) is 27.4 Å². The summed E-state index contributed by atoms with van der Waals surface area (Å²) in [4.78, 5) is 22.7. The van der Waals surface area contributed by atoms with Crippen molar-refractivity contribution in [3.05, 3.63) is 60.0 Å². The molecule has 32 heavy (non-hydrogen) atoms. The molecule has 166 valence electrons. The zero-order valence-corrected chi connectivity index (χ0v) is 18.8.